The van der Waals surface area contributed by atoms with Crippen molar-refractivity contribution in [2.45, 2.75) is 177 Å². The molecule has 4 atom stereocenters. The second kappa shape index (κ2) is 36.9. The van der Waals surface area contributed by atoms with Gasteiger partial charge in [-0.15, -0.1) is 6.58 Å². The molecule has 2 aliphatic carbocycles. The number of aromatic nitrogens is 2. The van der Waals surface area contributed by atoms with E-state index in [0.29, 0.717) is 66.1 Å². The average Bonchev–Trinajstić information content (AvgIpc) is 0.908. The number of nitrogens with one attached hydrogen (secondary N) is 5. The Bertz CT molecular complexity index is 4160. The van der Waals surface area contributed by atoms with Crippen molar-refractivity contribution in [1.29, 1.82) is 0 Å². The van der Waals surface area contributed by atoms with Crippen molar-refractivity contribution in [2.24, 2.45) is 23.2 Å². The van der Waals surface area contributed by atoms with Crippen LogP contribution in [-0.2, 0) is 63.4 Å². The molecule has 1 fully saturated rings. The molecule has 2 aliphatic rings. The Balaban J connectivity index is 0.000000170. The lowest BCUT2D eigenvalue weighted by atomic mass is 9.49. The van der Waals surface area contributed by atoms with Crippen LogP contribution in [0.3, 0.4) is 0 Å². The van der Waals surface area contributed by atoms with Crippen molar-refractivity contribution in [1.82, 2.24) is 30.8 Å². The fourth-order valence-corrected chi connectivity index (χ4v) is 14.4. The lowest BCUT2D eigenvalue weighted by Gasteiger charge is -2.55. The largest absolute Gasteiger partial charge is 0.484 e. The van der Waals surface area contributed by atoms with E-state index in [9.17, 15) is 24.0 Å². The summed E-state index contributed by atoms with van der Waals surface area (Å²) in [6.45, 7) is 30.3. The van der Waals surface area contributed by atoms with Gasteiger partial charge in [-0.3, -0.25) is 28.5 Å². The summed E-state index contributed by atoms with van der Waals surface area (Å²) in [7, 11) is 0. The highest BCUT2D eigenvalue weighted by molar-refractivity contribution is 6.30. The minimum atomic E-state index is -0.130. The van der Waals surface area contributed by atoms with Gasteiger partial charge in [0.25, 0.3) is 11.8 Å². The number of nitrogens with zero attached hydrogens (tertiary/aromatic N) is 1. The zero-order valence-corrected chi connectivity index (χ0v) is 61.8. The van der Waals surface area contributed by atoms with E-state index in [0.717, 1.165) is 76.6 Å². The summed E-state index contributed by atoms with van der Waals surface area (Å²) in [6.07, 6.45) is 14.8. The molecule has 528 valence electrons. The number of benzene rings is 7. The first-order valence-corrected chi connectivity index (χ1v) is 36.5. The van der Waals surface area contributed by atoms with Gasteiger partial charge < -0.3 is 31.0 Å². The van der Waals surface area contributed by atoms with Crippen molar-refractivity contribution in [3.05, 3.63) is 255 Å². The van der Waals surface area contributed by atoms with E-state index in [-0.39, 0.29) is 59.3 Å². The van der Waals surface area contributed by atoms with Crippen molar-refractivity contribution in [2.75, 3.05) is 19.7 Å². The number of aromatic amines is 1. The third-order valence-corrected chi connectivity index (χ3v) is 20.1. The van der Waals surface area contributed by atoms with Gasteiger partial charge in [0.1, 0.15) is 5.75 Å². The van der Waals surface area contributed by atoms with Crippen LogP contribution in [0.1, 0.15) is 192 Å². The van der Waals surface area contributed by atoms with Crippen LogP contribution in [0.4, 0.5) is 0 Å². The van der Waals surface area contributed by atoms with E-state index in [1.807, 2.05) is 129 Å². The Hall–Kier alpha value is -9.00. The van der Waals surface area contributed by atoms with E-state index >= 15 is 0 Å². The molecule has 4 amide bonds. The number of ether oxygens (including phenoxy) is 1. The van der Waals surface area contributed by atoms with Gasteiger partial charge >= 0.3 is 0 Å². The van der Waals surface area contributed by atoms with Gasteiger partial charge in [-0.05, 0) is 192 Å². The molecule has 0 aliphatic heterocycles. The molecule has 13 heteroatoms. The van der Waals surface area contributed by atoms with Crippen molar-refractivity contribution < 1.29 is 28.7 Å². The van der Waals surface area contributed by atoms with Gasteiger partial charge in [0.15, 0.2) is 6.61 Å². The molecular formula is C87H107ClN6O6. The third kappa shape index (κ3) is 21.0. The van der Waals surface area contributed by atoms with Crippen molar-refractivity contribution in [3.8, 4) is 5.75 Å². The first-order valence-electron chi connectivity index (χ1n) is 36.1. The number of hydrogen-bond acceptors (Lipinski definition) is 6. The maximum Gasteiger partial charge on any atom is 0.262 e. The predicted octanol–water partition coefficient (Wildman–Crippen LogP) is 18.6. The van der Waals surface area contributed by atoms with E-state index in [1.54, 1.807) is 40.0 Å². The first-order chi connectivity index (χ1) is 48.0. The van der Waals surface area contributed by atoms with Crippen LogP contribution in [0, 0.1) is 30.1 Å². The second-order valence-corrected chi connectivity index (χ2v) is 29.3. The van der Waals surface area contributed by atoms with Crippen LogP contribution in [0.2, 0.25) is 5.02 Å². The Morgan fingerprint density at radius 1 is 0.690 bits per heavy atom. The monoisotopic (exact) mass is 1370 g/mol. The minimum absolute atomic E-state index is 0.0197. The lowest BCUT2D eigenvalue weighted by Crippen LogP contribution is -2.53. The molecule has 0 bridgehead atoms. The van der Waals surface area contributed by atoms with Crippen molar-refractivity contribution in [3.63, 3.8) is 0 Å². The summed E-state index contributed by atoms with van der Waals surface area (Å²) < 4.78 is 7.33. The quantitative estimate of drug-likeness (QED) is 0.0378. The highest BCUT2D eigenvalue weighted by atomic mass is 35.5. The summed E-state index contributed by atoms with van der Waals surface area (Å²) >= 11 is 5.94. The zero-order valence-electron chi connectivity index (χ0n) is 61.0. The van der Waals surface area contributed by atoms with Crippen LogP contribution >= 0.6 is 11.6 Å². The summed E-state index contributed by atoms with van der Waals surface area (Å²) in [5.41, 5.74) is 15.0. The summed E-state index contributed by atoms with van der Waals surface area (Å²) in [5.74, 6) is 2.80. The summed E-state index contributed by atoms with van der Waals surface area (Å²) in [5, 5.41) is 14.7. The van der Waals surface area contributed by atoms with Gasteiger partial charge in [-0.2, -0.15) is 0 Å². The maximum absolute atomic E-state index is 13.1. The molecule has 2 heterocycles. The highest BCUT2D eigenvalue weighted by Gasteiger charge is 2.51. The number of aryl methyl sites for hydroxylation is 2. The van der Waals surface area contributed by atoms with Crippen molar-refractivity contribution >= 4 is 62.9 Å². The Labute approximate surface area is 599 Å². The van der Waals surface area contributed by atoms with Gasteiger partial charge in [0.05, 0.1) is 17.9 Å². The second-order valence-electron chi connectivity index (χ2n) is 28.9. The fraction of sp³-hybridized carbons (Fsp3) is 0.391. The molecule has 5 N–H and O–H groups in total. The number of para-hydroxylation sites is 1. The van der Waals surface area contributed by atoms with Gasteiger partial charge in [0, 0.05) is 71.4 Å². The maximum atomic E-state index is 13.1. The molecule has 0 spiro atoms. The molecular weight excluding hydrogens is 1260 g/mol. The standard InChI is InChI=1S/C25H37NO.C22H23ClN2O2.C20H22N2O2.C20H25NO/c1-6-7-9-23(27)26-17-24(4)14-8-15-25(5)21-12-10-19(18(2)3)16-20(21)11-13-22(24)25;1-14(2)13-24-21(26)12-19-15(3)25(20-7-5-4-6-18(19)20)22(27)16-8-10-17(23)11-9-16;1-2-6-16-13-21-19-10-9-17(11-18(16)19)24-14-20(23)22-12-15-7-4-3-5-8-15;1-15(2)13-17-9-11-19(12-10-17)16(3)20(22)21-14-18-7-5-4-6-8-18/h6,10,12,16,18,22H,1,7-9,11,13-15,17H2,2-5H3,(H,26,27);4-11,14H,12-13H2,1-3H3,(H,24,26);3-5,7-11,13,21H,2,6,12,14H2,1H3,(H,22,23);4-12,15-16H,13-14H2,1-3H3,(H,21,22)/t22-,24-,25+;;;16-/m0..0/s1. The van der Waals surface area contributed by atoms with Crippen LogP contribution in [0.25, 0.3) is 21.8 Å². The molecule has 2 aromatic heterocycles. The number of fused-ring (bicyclic) bond motifs is 5. The molecule has 100 heavy (non-hydrogen) atoms. The molecule has 0 saturated heterocycles. The predicted molar refractivity (Wildman–Crippen MR) is 411 cm³/mol. The van der Waals surface area contributed by atoms with E-state index in [1.165, 1.54) is 54.2 Å². The summed E-state index contributed by atoms with van der Waals surface area (Å²) in [4.78, 5) is 65.1. The van der Waals surface area contributed by atoms with Gasteiger partial charge in [-0.25, -0.2) is 0 Å². The van der Waals surface area contributed by atoms with Gasteiger partial charge in [-0.1, -0.05) is 214 Å². The Morgan fingerprint density at radius 3 is 2.00 bits per heavy atom. The fourth-order valence-electron chi connectivity index (χ4n) is 14.2. The number of rotatable bonds is 24. The van der Waals surface area contributed by atoms with Crippen LogP contribution in [0.5, 0.6) is 5.75 Å². The number of amides is 4. The molecule has 7 aromatic carbocycles. The lowest BCUT2D eigenvalue weighted by molar-refractivity contribution is -0.123. The molecule has 1 saturated carbocycles. The van der Waals surface area contributed by atoms with Crippen LogP contribution in [0.15, 0.2) is 189 Å². The molecule has 0 radical (unpaired) electrons. The topological polar surface area (TPSA) is 163 Å². The number of carbonyl (C=O) groups excluding carboxylic acids is 5. The SMILES string of the molecule is C=CCCC(=O)NC[C@]1(C)CCC[C@]2(C)c3ccc(C(C)C)cc3CC[C@@H]12.CC(C)Cc1ccc([C@H](C)C(=O)NCc2ccccc2)cc1.CCCc1c[nH]c2ccc(OCC(=O)NCc3ccccc3)cc12.Cc1c(CC(=O)NCC(C)C)c2ccccc2n1C(=O)c1ccc(Cl)cc1. The zero-order chi connectivity index (χ0) is 71.9. The molecule has 11 rings (SSSR count). The van der Waals surface area contributed by atoms with E-state index in [4.69, 9.17) is 16.3 Å². The minimum Gasteiger partial charge on any atom is -0.484 e. The van der Waals surface area contributed by atoms with E-state index < -0.39 is 0 Å². The molecule has 12 nitrogen and oxygen atoms in total. The average molecular weight is 1370 g/mol. The number of halogens is 1. The Kier molecular flexibility index (Phi) is 28.3. The molecule has 9 aromatic rings. The summed E-state index contributed by atoms with van der Waals surface area (Å²) in [6, 6.07) is 55.9. The number of carbonyl (C=O) groups is 5. The molecule has 0 unspecified atom stereocenters. The van der Waals surface area contributed by atoms with Gasteiger partial charge in [0.2, 0.25) is 17.7 Å². The number of allylic oxidation sites excluding steroid dienone is 1. The van der Waals surface area contributed by atoms with E-state index in [2.05, 4.69) is 138 Å². The van der Waals surface area contributed by atoms with Crippen LogP contribution in [-0.4, -0.2) is 58.8 Å². The normalized spacial score (nSPS) is 16.3. The Morgan fingerprint density at radius 2 is 1.35 bits per heavy atom. The first kappa shape index (κ1) is 76.7. The van der Waals surface area contributed by atoms with Crippen LogP contribution < -0.4 is 26.0 Å². The smallest absolute Gasteiger partial charge is 0.262 e. The highest BCUT2D eigenvalue weighted by Crippen LogP contribution is 2.57. The number of hydrogen-bond donors (Lipinski definition) is 5. The number of H-pyrrole nitrogens is 1. The third-order valence-electron chi connectivity index (χ3n) is 19.8.